The third kappa shape index (κ3) is 5.34. The quantitative estimate of drug-likeness (QED) is 0.562. The number of guanidine groups is 1. The molecule has 1 heterocycles. The van der Waals surface area contributed by atoms with E-state index < -0.39 is 10.0 Å². The molecule has 8 heteroatoms. The Balaban J connectivity index is 1.88. The Morgan fingerprint density at radius 2 is 1.78 bits per heavy atom. The molecule has 0 saturated carbocycles. The number of nitrogens with one attached hydrogen (secondary N) is 2. The Morgan fingerprint density at radius 1 is 1.13 bits per heavy atom. The van der Waals surface area contributed by atoms with Crippen LogP contribution in [0, 0.1) is 6.92 Å². The van der Waals surface area contributed by atoms with Crippen molar-refractivity contribution in [2.45, 2.75) is 24.9 Å². The van der Waals surface area contributed by atoms with Crippen LogP contribution in [0.2, 0.25) is 0 Å². The van der Waals surface area contributed by atoms with Crippen LogP contribution < -0.4 is 15.8 Å². The molecule has 0 fully saturated rings. The largest absolute Gasteiger partial charge is 0.352 e. The van der Waals surface area contributed by atoms with Gasteiger partial charge in [0.15, 0.2) is 5.96 Å². The minimum atomic E-state index is -3.65. The molecular formula is C15H20N4O2S2. The minimum Gasteiger partial charge on any atom is -0.352 e. The van der Waals surface area contributed by atoms with Gasteiger partial charge in [0.1, 0.15) is 0 Å². The van der Waals surface area contributed by atoms with Crippen LogP contribution in [0.5, 0.6) is 0 Å². The van der Waals surface area contributed by atoms with Crippen molar-refractivity contribution in [1.29, 1.82) is 0 Å². The van der Waals surface area contributed by atoms with Crippen LogP contribution in [0.25, 0.3) is 0 Å². The van der Waals surface area contributed by atoms with E-state index in [9.17, 15) is 8.42 Å². The summed E-state index contributed by atoms with van der Waals surface area (Å²) >= 11 is 1.74. The van der Waals surface area contributed by atoms with Crippen molar-refractivity contribution in [3.8, 4) is 0 Å². The fourth-order valence-electron chi connectivity index (χ4n) is 1.95. The lowest BCUT2D eigenvalue weighted by Crippen LogP contribution is -2.36. The summed E-state index contributed by atoms with van der Waals surface area (Å²) in [7, 11) is -1.94. The molecule has 0 radical (unpaired) electrons. The second-order valence-electron chi connectivity index (χ2n) is 4.98. The van der Waals surface area contributed by atoms with Crippen LogP contribution in [0.1, 0.15) is 15.3 Å². The van der Waals surface area contributed by atoms with Crippen molar-refractivity contribution in [2.75, 3.05) is 7.05 Å². The van der Waals surface area contributed by atoms with Gasteiger partial charge in [0, 0.05) is 23.3 Å². The zero-order valence-electron chi connectivity index (χ0n) is 13.0. The number of primary sulfonamides is 1. The molecule has 0 bridgehead atoms. The molecule has 124 valence electrons. The summed E-state index contributed by atoms with van der Waals surface area (Å²) in [5, 5.41) is 11.5. The second kappa shape index (κ2) is 7.58. The van der Waals surface area contributed by atoms with Crippen LogP contribution in [-0.4, -0.2) is 21.4 Å². The SMILES string of the molecule is CN=C(NCc1ccc(S(N)(=O)=O)cc1)NCc1ccc(C)s1. The van der Waals surface area contributed by atoms with Gasteiger partial charge in [-0.05, 0) is 36.8 Å². The highest BCUT2D eigenvalue weighted by Gasteiger charge is 2.07. The normalized spacial score (nSPS) is 12.2. The standard InChI is InChI=1S/C15H20N4O2S2/c1-11-3-6-13(22-11)10-19-15(17-2)18-9-12-4-7-14(8-5-12)23(16,20)21/h3-8H,9-10H2,1-2H3,(H2,16,20,21)(H2,17,18,19). The Kier molecular flexibility index (Phi) is 5.75. The number of rotatable bonds is 5. The highest BCUT2D eigenvalue weighted by atomic mass is 32.2. The monoisotopic (exact) mass is 352 g/mol. The minimum absolute atomic E-state index is 0.108. The predicted octanol–water partition coefficient (Wildman–Crippen LogP) is 1.57. The summed E-state index contributed by atoms with van der Waals surface area (Å²) in [6, 6.07) is 10.6. The van der Waals surface area contributed by atoms with E-state index in [1.807, 2.05) is 0 Å². The molecule has 2 rings (SSSR count). The maximum absolute atomic E-state index is 11.2. The Hall–Kier alpha value is -1.90. The van der Waals surface area contributed by atoms with Gasteiger partial charge in [0.05, 0.1) is 11.4 Å². The van der Waals surface area contributed by atoms with Crippen molar-refractivity contribution in [3.63, 3.8) is 0 Å². The number of sulfonamides is 1. The number of aryl methyl sites for hydroxylation is 1. The predicted molar refractivity (Wildman–Crippen MR) is 93.9 cm³/mol. The molecule has 0 unspecified atom stereocenters. The number of hydrogen-bond acceptors (Lipinski definition) is 4. The van der Waals surface area contributed by atoms with E-state index in [-0.39, 0.29) is 4.90 Å². The van der Waals surface area contributed by atoms with Gasteiger partial charge in [-0.1, -0.05) is 12.1 Å². The van der Waals surface area contributed by atoms with E-state index in [2.05, 4.69) is 34.7 Å². The highest BCUT2D eigenvalue weighted by Crippen LogP contribution is 2.14. The summed E-state index contributed by atoms with van der Waals surface area (Å²) in [6.07, 6.45) is 0. The van der Waals surface area contributed by atoms with Crippen molar-refractivity contribution in [2.24, 2.45) is 10.1 Å². The lowest BCUT2D eigenvalue weighted by molar-refractivity contribution is 0.597. The van der Waals surface area contributed by atoms with Crippen molar-refractivity contribution < 1.29 is 8.42 Å². The number of hydrogen-bond donors (Lipinski definition) is 3. The average Bonchev–Trinajstić information content (AvgIpc) is 2.92. The van der Waals surface area contributed by atoms with Gasteiger partial charge >= 0.3 is 0 Å². The fraction of sp³-hybridized carbons (Fsp3) is 0.267. The van der Waals surface area contributed by atoms with Gasteiger partial charge in [0.25, 0.3) is 0 Å². The average molecular weight is 352 g/mol. The highest BCUT2D eigenvalue weighted by molar-refractivity contribution is 7.89. The molecule has 0 spiro atoms. The molecular weight excluding hydrogens is 332 g/mol. The van der Waals surface area contributed by atoms with E-state index in [0.29, 0.717) is 19.0 Å². The van der Waals surface area contributed by atoms with Gasteiger partial charge in [-0.15, -0.1) is 11.3 Å². The third-order valence-electron chi connectivity index (χ3n) is 3.16. The molecule has 0 aliphatic heterocycles. The van der Waals surface area contributed by atoms with E-state index in [0.717, 1.165) is 5.56 Å². The fourth-order valence-corrected chi connectivity index (χ4v) is 3.30. The summed E-state index contributed by atoms with van der Waals surface area (Å²) in [5.41, 5.74) is 0.937. The van der Waals surface area contributed by atoms with Crippen LogP contribution in [0.3, 0.4) is 0 Å². The van der Waals surface area contributed by atoms with Crippen LogP contribution in [0.4, 0.5) is 0 Å². The first-order chi connectivity index (χ1) is 10.9. The van der Waals surface area contributed by atoms with Gasteiger partial charge < -0.3 is 10.6 Å². The molecule has 6 nitrogen and oxygen atoms in total. The topological polar surface area (TPSA) is 96.6 Å². The Bertz CT molecular complexity index is 780. The molecule has 1 aromatic carbocycles. The van der Waals surface area contributed by atoms with Crippen LogP contribution in [-0.2, 0) is 23.1 Å². The summed E-state index contributed by atoms with van der Waals surface area (Å²) in [5.74, 6) is 0.687. The molecule has 4 N–H and O–H groups in total. The maximum atomic E-state index is 11.2. The van der Waals surface area contributed by atoms with E-state index in [4.69, 9.17) is 5.14 Å². The third-order valence-corrected chi connectivity index (χ3v) is 5.09. The second-order valence-corrected chi connectivity index (χ2v) is 7.91. The van der Waals surface area contributed by atoms with E-state index in [1.54, 1.807) is 30.5 Å². The zero-order valence-corrected chi connectivity index (χ0v) is 14.7. The van der Waals surface area contributed by atoms with E-state index >= 15 is 0 Å². The summed E-state index contributed by atoms with van der Waals surface area (Å²) < 4.78 is 22.4. The first-order valence-corrected chi connectivity index (χ1v) is 9.36. The summed E-state index contributed by atoms with van der Waals surface area (Å²) in [6.45, 7) is 3.32. The molecule has 0 aliphatic rings. The lowest BCUT2D eigenvalue weighted by atomic mass is 10.2. The maximum Gasteiger partial charge on any atom is 0.238 e. The van der Waals surface area contributed by atoms with Gasteiger partial charge in [-0.25, -0.2) is 13.6 Å². The van der Waals surface area contributed by atoms with Crippen LogP contribution >= 0.6 is 11.3 Å². The molecule has 0 aliphatic carbocycles. The van der Waals surface area contributed by atoms with Crippen molar-refractivity contribution >= 4 is 27.3 Å². The molecule has 1 aromatic heterocycles. The molecule has 0 atom stereocenters. The Labute approximate surface area is 140 Å². The molecule has 2 aromatic rings. The molecule has 23 heavy (non-hydrogen) atoms. The first-order valence-electron chi connectivity index (χ1n) is 7.00. The Morgan fingerprint density at radius 3 is 2.30 bits per heavy atom. The number of benzene rings is 1. The van der Waals surface area contributed by atoms with Gasteiger partial charge in [-0.3, -0.25) is 4.99 Å². The number of nitrogens with two attached hydrogens (primary N) is 1. The lowest BCUT2D eigenvalue weighted by Gasteiger charge is -2.11. The summed E-state index contributed by atoms with van der Waals surface area (Å²) in [4.78, 5) is 6.79. The van der Waals surface area contributed by atoms with Crippen LogP contribution in [0.15, 0.2) is 46.3 Å². The van der Waals surface area contributed by atoms with Gasteiger partial charge in [-0.2, -0.15) is 0 Å². The van der Waals surface area contributed by atoms with Crippen molar-refractivity contribution in [3.05, 3.63) is 51.7 Å². The number of aliphatic imine (C=N–C) groups is 1. The molecule has 0 saturated heterocycles. The zero-order chi connectivity index (χ0) is 16.9. The number of nitrogens with zero attached hydrogens (tertiary/aromatic N) is 1. The van der Waals surface area contributed by atoms with E-state index in [1.165, 1.54) is 21.9 Å². The number of thiophene rings is 1. The molecule has 0 amide bonds. The first kappa shape index (κ1) is 17.5. The van der Waals surface area contributed by atoms with Crippen molar-refractivity contribution in [1.82, 2.24) is 10.6 Å². The smallest absolute Gasteiger partial charge is 0.238 e. The van der Waals surface area contributed by atoms with Gasteiger partial charge in [0.2, 0.25) is 10.0 Å².